The molecule has 0 aliphatic rings. The fourth-order valence-electron chi connectivity index (χ4n) is 2.42. The van der Waals surface area contributed by atoms with Gasteiger partial charge in [0.25, 0.3) is 0 Å². The van der Waals surface area contributed by atoms with Gasteiger partial charge in [0.05, 0.1) is 0 Å². The molecule has 1 aromatic rings. The van der Waals surface area contributed by atoms with Crippen molar-refractivity contribution in [3.63, 3.8) is 0 Å². The Morgan fingerprint density at radius 2 is 1.74 bits per heavy atom. The first-order valence-corrected chi connectivity index (χ1v) is 7.95. The molecular formula is C16H27BrN2. The van der Waals surface area contributed by atoms with Gasteiger partial charge in [-0.15, -0.1) is 0 Å². The number of nitrogens with one attached hydrogen (secondary N) is 1. The van der Waals surface area contributed by atoms with Gasteiger partial charge in [0.2, 0.25) is 0 Å². The van der Waals surface area contributed by atoms with Crippen LogP contribution in [0.2, 0.25) is 0 Å². The molecule has 0 radical (unpaired) electrons. The molecule has 1 aromatic carbocycles. The average molecular weight is 327 g/mol. The van der Waals surface area contributed by atoms with E-state index in [1.807, 2.05) is 0 Å². The van der Waals surface area contributed by atoms with Gasteiger partial charge < -0.3 is 5.32 Å². The van der Waals surface area contributed by atoms with Crippen molar-refractivity contribution in [2.45, 2.75) is 52.7 Å². The quantitative estimate of drug-likeness (QED) is 0.807. The van der Waals surface area contributed by atoms with E-state index in [2.05, 4.69) is 85.0 Å². The number of nitrogens with zero attached hydrogens (tertiary/aromatic N) is 1. The van der Waals surface area contributed by atoms with Crippen molar-refractivity contribution < 1.29 is 0 Å². The zero-order valence-electron chi connectivity index (χ0n) is 12.8. The van der Waals surface area contributed by atoms with Crippen LogP contribution in [0.4, 0.5) is 0 Å². The highest BCUT2D eigenvalue weighted by Gasteiger charge is 2.13. The Hall–Kier alpha value is -0.380. The van der Waals surface area contributed by atoms with E-state index < -0.39 is 0 Å². The van der Waals surface area contributed by atoms with Crippen LogP contribution in [0.1, 0.15) is 46.2 Å². The van der Waals surface area contributed by atoms with Gasteiger partial charge in [0.1, 0.15) is 0 Å². The summed E-state index contributed by atoms with van der Waals surface area (Å²) >= 11 is 3.52. The van der Waals surface area contributed by atoms with Crippen LogP contribution in [0.5, 0.6) is 0 Å². The van der Waals surface area contributed by atoms with Crippen LogP contribution in [-0.2, 0) is 0 Å². The van der Waals surface area contributed by atoms with Crippen molar-refractivity contribution in [1.29, 1.82) is 0 Å². The van der Waals surface area contributed by atoms with Crippen LogP contribution in [0, 0.1) is 0 Å². The molecule has 0 heterocycles. The molecule has 0 spiro atoms. The van der Waals surface area contributed by atoms with Crippen molar-refractivity contribution in [3.8, 4) is 0 Å². The van der Waals surface area contributed by atoms with Gasteiger partial charge in [-0.25, -0.2) is 0 Å². The molecule has 19 heavy (non-hydrogen) atoms. The van der Waals surface area contributed by atoms with Gasteiger partial charge in [-0.05, 0) is 52.3 Å². The third kappa shape index (κ3) is 5.64. The number of hydrogen-bond acceptors (Lipinski definition) is 2. The maximum absolute atomic E-state index is 3.60. The molecule has 1 unspecified atom stereocenters. The second-order valence-electron chi connectivity index (χ2n) is 5.66. The Morgan fingerprint density at radius 3 is 2.26 bits per heavy atom. The molecular weight excluding hydrogens is 300 g/mol. The Bertz CT molecular complexity index is 369. The van der Waals surface area contributed by atoms with E-state index in [0.29, 0.717) is 18.1 Å². The zero-order chi connectivity index (χ0) is 14.4. The van der Waals surface area contributed by atoms with E-state index in [9.17, 15) is 0 Å². The summed E-state index contributed by atoms with van der Waals surface area (Å²) in [6.07, 6.45) is 0. The first-order chi connectivity index (χ1) is 8.91. The minimum Gasteiger partial charge on any atom is -0.309 e. The highest BCUT2D eigenvalue weighted by molar-refractivity contribution is 9.10. The van der Waals surface area contributed by atoms with E-state index in [-0.39, 0.29) is 0 Å². The average Bonchev–Trinajstić information content (AvgIpc) is 2.33. The van der Waals surface area contributed by atoms with Gasteiger partial charge in [-0.1, -0.05) is 28.1 Å². The fourth-order valence-corrected chi connectivity index (χ4v) is 2.83. The Balaban J connectivity index is 2.44. The minimum atomic E-state index is 0.388. The van der Waals surface area contributed by atoms with Crippen molar-refractivity contribution in [2.24, 2.45) is 0 Å². The summed E-state index contributed by atoms with van der Waals surface area (Å²) in [5.41, 5.74) is 1.33. The lowest BCUT2D eigenvalue weighted by atomic mass is 10.1. The molecule has 1 N–H and O–H groups in total. The second-order valence-corrected chi connectivity index (χ2v) is 6.57. The monoisotopic (exact) mass is 326 g/mol. The summed E-state index contributed by atoms with van der Waals surface area (Å²) in [6, 6.07) is 10.1. The van der Waals surface area contributed by atoms with Crippen LogP contribution in [0.25, 0.3) is 0 Å². The molecule has 0 bridgehead atoms. The highest BCUT2D eigenvalue weighted by Crippen LogP contribution is 2.17. The molecule has 0 saturated heterocycles. The summed E-state index contributed by atoms with van der Waals surface area (Å²) < 4.78 is 1.14. The van der Waals surface area contributed by atoms with Gasteiger partial charge in [0, 0.05) is 35.7 Å². The third-order valence-corrected chi connectivity index (χ3v) is 3.99. The van der Waals surface area contributed by atoms with Gasteiger partial charge in [-0.2, -0.15) is 0 Å². The lowest BCUT2D eigenvalue weighted by Gasteiger charge is -2.31. The fraction of sp³-hybridized carbons (Fsp3) is 0.625. The van der Waals surface area contributed by atoms with Crippen LogP contribution in [-0.4, -0.2) is 30.1 Å². The lowest BCUT2D eigenvalue weighted by Crippen LogP contribution is -2.41. The standard InChI is InChI=1S/C16H27BrN2/c1-12(2)19(13(3)4)10-9-18-14(5)15-7-6-8-16(17)11-15/h6-8,11-14,18H,9-10H2,1-5H3. The van der Waals surface area contributed by atoms with Crippen LogP contribution in [0.3, 0.4) is 0 Å². The SMILES string of the molecule is CC(NCCN(C(C)C)C(C)C)c1cccc(Br)c1. The van der Waals surface area contributed by atoms with E-state index in [0.717, 1.165) is 17.6 Å². The molecule has 0 fully saturated rings. The first-order valence-electron chi connectivity index (χ1n) is 7.16. The molecule has 3 heteroatoms. The summed E-state index contributed by atoms with van der Waals surface area (Å²) in [5.74, 6) is 0. The number of hydrogen-bond donors (Lipinski definition) is 1. The largest absolute Gasteiger partial charge is 0.309 e. The zero-order valence-corrected chi connectivity index (χ0v) is 14.4. The van der Waals surface area contributed by atoms with Gasteiger partial charge in [-0.3, -0.25) is 4.90 Å². The summed E-state index contributed by atoms with van der Waals surface area (Å²) in [7, 11) is 0. The maximum Gasteiger partial charge on any atom is 0.0292 e. The van der Waals surface area contributed by atoms with E-state index in [1.54, 1.807) is 0 Å². The third-order valence-electron chi connectivity index (χ3n) is 3.50. The molecule has 108 valence electrons. The molecule has 0 saturated carbocycles. The number of benzene rings is 1. The molecule has 0 amide bonds. The molecule has 0 aliphatic carbocycles. The summed E-state index contributed by atoms with van der Waals surface area (Å²) in [5, 5.41) is 3.60. The minimum absolute atomic E-state index is 0.388. The Morgan fingerprint density at radius 1 is 1.11 bits per heavy atom. The van der Waals surface area contributed by atoms with Gasteiger partial charge in [0.15, 0.2) is 0 Å². The first kappa shape index (κ1) is 16.7. The van der Waals surface area contributed by atoms with Crippen LogP contribution in [0.15, 0.2) is 28.7 Å². The highest BCUT2D eigenvalue weighted by atomic mass is 79.9. The predicted molar refractivity (Wildman–Crippen MR) is 87.5 cm³/mol. The lowest BCUT2D eigenvalue weighted by molar-refractivity contribution is 0.174. The number of rotatable bonds is 7. The summed E-state index contributed by atoms with van der Waals surface area (Å²) in [6.45, 7) is 13.4. The van der Waals surface area contributed by atoms with Crippen molar-refractivity contribution in [3.05, 3.63) is 34.3 Å². The van der Waals surface area contributed by atoms with E-state index >= 15 is 0 Å². The van der Waals surface area contributed by atoms with Gasteiger partial charge >= 0.3 is 0 Å². The number of halogens is 1. The Labute approximate surface area is 126 Å². The topological polar surface area (TPSA) is 15.3 Å². The van der Waals surface area contributed by atoms with Crippen LogP contribution < -0.4 is 5.32 Å². The molecule has 0 aliphatic heterocycles. The van der Waals surface area contributed by atoms with Crippen LogP contribution >= 0.6 is 15.9 Å². The summed E-state index contributed by atoms with van der Waals surface area (Å²) in [4.78, 5) is 2.51. The second kappa shape index (κ2) is 8.03. The molecule has 1 rings (SSSR count). The maximum atomic E-state index is 3.60. The van der Waals surface area contributed by atoms with E-state index in [4.69, 9.17) is 0 Å². The predicted octanol–water partition coefficient (Wildman–Crippen LogP) is 4.22. The smallest absolute Gasteiger partial charge is 0.0292 e. The Kier molecular flexibility index (Phi) is 7.05. The van der Waals surface area contributed by atoms with Crippen molar-refractivity contribution in [1.82, 2.24) is 10.2 Å². The molecule has 0 aromatic heterocycles. The molecule has 1 atom stereocenters. The molecule has 2 nitrogen and oxygen atoms in total. The normalized spacial score (nSPS) is 13.5. The van der Waals surface area contributed by atoms with Crippen molar-refractivity contribution in [2.75, 3.05) is 13.1 Å². The van der Waals surface area contributed by atoms with E-state index in [1.165, 1.54) is 5.56 Å². The van der Waals surface area contributed by atoms with Crippen molar-refractivity contribution >= 4 is 15.9 Å².